The number of nitrogens with zero attached hydrogens (tertiary/aromatic N) is 1. The minimum atomic E-state index is -0.0728. The van der Waals surface area contributed by atoms with Crippen LogP contribution in [0.4, 0.5) is 0 Å². The fourth-order valence-electron chi connectivity index (χ4n) is 5.88. The second kappa shape index (κ2) is 7.14. The van der Waals surface area contributed by atoms with Crippen LogP contribution in [0.1, 0.15) is 51.0 Å². The van der Waals surface area contributed by atoms with E-state index < -0.39 is 0 Å². The number of amides is 1. The van der Waals surface area contributed by atoms with E-state index in [1.807, 2.05) is 0 Å². The van der Waals surface area contributed by atoms with E-state index in [1.165, 1.54) is 44.2 Å². The molecule has 2 bridgehead atoms. The van der Waals surface area contributed by atoms with E-state index in [2.05, 4.69) is 47.5 Å². The number of ether oxygens (including phenoxy) is 1. The molecule has 1 spiro atoms. The number of hydrogen-bond acceptors (Lipinski definition) is 3. The van der Waals surface area contributed by atoms with Crippen molar-refractivity contribution < 1.29 is 9.53 Å². The van der Waals surface area contributed by atoms with Crippen LogP contribution in [0.25, 0.3) is 0 Å². The minimum absolute atomic E-state index is 0.0728. The Morgan fingerprint density at radius 1 is 1.21 bits per heavy atom. The van der Waals surface area contributed by atoms with Gasteiger partial charge in [-0.3, -0.25) is 4.79 Å². The summed E-state index contributed by atoms with van der Waals surface area (Å²) in [7, 11) is 0. The van der Waals surface area contributed by atoms with Gasteiger partial charge in [-0.15, -0.1) is 0 Å². The van der Waals surface area contributed by atoms with Crippen LogP contribution in [0.3, 0.4) is 0 Å². The molecule has 0 unspecified atom stereocenters. The molecule has 4 heteroatoms. The van der Waals surface area contributed by atoms with E-state index in [-0.39, 0.29) is 16.9 Å². The van der Waals surface area contributed by atoms with Crippen LogP contribution in [0.5, 0.6) is 0 Å². The molecule has 28 heavy (non-hydrogen) atoms. The van der Waals surface area contributed by atoms with Crippen molar-refractivity contribution in [3.05, 3.63) is 35.9 Å². The molecule has 3 saturated heterocycles. The molecule has 1 aromatic carbocycles. The van der Waals surface area contributed by atoms with E-state index in [1.54, 1.807) is 0 Å². The van der Waals surface area contributed by atoms with Crippen LogP contribution in [-0.2, 0) is 16.0 Å². The third-order valence-corrected chi connectivity index (χ3v) is 7.93. The first-order chi connectivity index (χ1) is 13.6. The van der Waals surface area contributed by atoms with E-state index in [4.69, 9.17) is 4.74 Å². The molecular formula is C24H34N2O2. The summed E-state index contributed by atoms with van der Waals surface area (Å²) in [5.41, 5.74) is 1.46. The SMILES string of the molecule is CC1(C(=O)NC[C@H]2[C@H]3CN(CCCCc4ccccc4)C[C@]34CC[C@H]2O4)CC1. The van der Waals surface area contributed by atoms with Gasteiger partial charge in [-0.1, -0.05) is 37.3 Å². The Morgan fingerprint density at radius 3 is 2.82 bits per heavy atom. The zero-order valence-electron chi connectivity index (χ0n) is 17.2. The molecular weight excluding hydrogens is 348 g/mol. The van der Waals surface area contributed by atoms with Crippen LogP contribution in [0, 0.1) is 17.3 Å². The van der Waals surface area contributed by atoms with Crippen LogP contribution in [-0.4, -0.2) is 48.7 Å². The highest BCUT2D eigenvalue weighted by Crippen LogP contribution is 2.54. The van der Waals surface area contributed by atoms with Crippen molar-refractivity contribution in [2.75, 3.05) is 26.2 Å². The monoisotopic (exact) mass is 382 g/mol. The summed E-state index contributed by atoms with van der Waals surface area (Å²) in [6, 6.07) is 10.8. The second-order valence-electron chi connectivity index (χ2n) is 9.98. The fourth-order valence-corrected chi connectivity index (χ4v) is 5.88. The standard InChI is InChI=1S/C24H34N2O2/c1-23(12-13-23)22(27)25-15-19-20-16-26(17-24(20)11-10-21(19)28-24)14-6-5-9-18-7-3-2-4-8-18/h2-4,7-8,19-21H,5-6,9-17H2,1H3,(H,25,27)/t19-,20+,21+,24+/m0/s1. The number of likely N-dealkylation sites (tertiary alicyclic amines) is 1. The maximum absolute atomic E-state index is 12.4. The predicted molar refractivity (Wildman–Crippen MR) is 110 cm³/mol. The molecule has 1 amide bonds. The highest BCUT2D eigenvalue weighted by Gasteiger charge is 2.62. The summed E-state index contributed by atoms with van der Waals surface area (Å²) in [6.45, 7) is 6.33. The molecule has 1 saturated carbocycles. The van der Waals surface area contributed by atoms with E-state index >= 15 is 0 Å². The van der Waals surface area contributed by atoms with Crippen molar-refractivity contribution >= 4 is 5.91 Å². The van der Waals surface area contributed by atoms with Gasteiger partial charge in [-0.05, 0) is 57.1 Å². The Morgan fingerprint density at radius 2 is 2.04 bits per heavy atom. The lowest BCUT2D eigenvalue weighted by molar-refractivity contribution is -0.126. The first-order valence-electron chi connectivity index (χ1n) is 11.3. The smallest absolute Gasteiger partial charge is 0.225 e. The van der Waals surface area contributed by atoms with Crippen molar-refractivity contribution in [3.8, 4) is 0 Å². The van der Waals surface area contributed by atoms with E-state index in [0.717, 1.165) is 32.5 Å². The van der Waals surface area contributed by atoms with Gasteiger partial charge in [0.05, 0.1) is 11.7 Å². The Labute approximate surface area is 169 Å². The molecule has 4 atom stereocenters. The van der Waals surface area contributed by atoms with Gasteiger partial charge in [0.15, 0.2) is 0 Å². The van der Waals surface area contributed by atoms with Gasteiger partial charge in [0.2, 0.25) is 5.91 Å². The first-order valence-corrected chi connectivity index (χ1v) is 11.3. The third kappa shape index (κ3) is 3.39. The number of nitrogens with one attached hydrogen (secondary N) is 1. The first kappa shape index (κ1) is 18.6. The molecule has 0 radical (unpaired) electrons. The van der Waals surface area contributed by atoms with Gasteiger partial charge in [0, 0.05) is 36.9 Å². The van der Waals surface area contributed by atoms with Crippen LogP contribution in [0.2, 0.25) is 0 Å². The van der Waals surface area contributed by atoms with Gasteiger partial charge in [0.25, 0.3) is 0 Å². The molecule has 0 aromatic heterocycles. The maximum atomic E-state index is 12.4. The normalized spacial score (nSPS) is 35.1. The molecule has 1 N–H and O–H groups in total. The molecule has 1 aliphatic carbocycles. The number of aryl methyl sites for hydroxylation is 1. The van der Waals surface area contributed by atoms with Crippen molar-refractivity contribution in [3.63, 3.8) is 0 Å². The van der Waals surface area contributed by atoms with Crippen molar-refractivity contribution in [2.45, 2.75) is 63.6 Å². The van der Waals surface area contributed by atoms with Gasteiger partial charge >= 0.3 is 0 Å². The molecule has 4 nitrogen and oxygen atoms in total. The number of carbonyl (C=O) groups excluding carboxylic acids is 1. The van der Waals surface area contributed by atoms with Crippen molar-refractivity contribution in [1.82, 2.24) is 10.2 Å². The Hall–Kier alpha value is -1.39. The number of benzene rings is 1. The van der Waals surface area contributed by atoms with Gasteiger partial charge < -0.3 is 15.0 Å². The summed E-state index contributed by atoms with van der Waals surface area (Å²) >= 11 is 0. The minimum Gasteiger partial charge on any atom is -0.370 e. The number of carbonyl (C=O) groups is 1. The molecule has 5 rings (SSSR count). The highest BCUT2D eigenvalue weighted by molar-refractivity contribution is 5.84. The van der Waals surface area contributed by atoms with Gasteiger partial charge in [-0.2, -0.15) is 0 Å². The molecule has 3 aliphatic heterocycles. The third-order valence-electron chi connectivity index (χ3n) is 7.93. The van der Waals surface area contributed by atoms with Crippen LogP contribution >= 0.6 is 0 Å². The van der Waals surface area contributed by atoms with Crippen LogP contribution < -0.4 is 5.32 Å². The summed E-state index contributed by atoms with van der Waals surface area (Å²) < 4.78 is 6.54. The number of unbranched alkanes of at least 4 members (excludes halogenated alkanes) is 1. The summed E-state index contributed by atoms with van der Waals surface area (Å²) in [5.74, 6) is 1.38. The average molecular weight is 383 g/mol. The summed E-state index contributed by atoms with van der Waals surface area (Å²) in [6.07, 6.45) is 8.54. The fraction of sp³-hybridized carbons (Fsp3) is 0.708. The average Bonchev–Trinajstić information content (AvgIpc) is 3.07. The second-order valence-corrected chi connectivity index (χ2v) is 9.98. The predicted octanol–water partition coefficient (Wildman–Crippen LogP) is 3.41. The van der Waals surface area contributed by atoms with Gasteiger partial charge in [0.1, 0.15) is 0 Å². The Bertz CT molecular complexity index is 717. The number of fused-ring (bicyclic) bond motifs is 1. The van der Waals surface area contributed by atoms with E-state index in [9.17, 15) is 4.79 Å². The van der Waals surface area contributed by atoms with Crippen LogP contribution in [0.15, 0.2) is 30.3 Å². The molecule has 4 aliphatic rings. The lowest BCUT2D eigenvalue weighted by Crippen LogP contribution is -2.43. The zero-order valence-corrected chi connectivity index (χ0v) is 17.2. The van der Waals surface area contributed by atoms with Gasteiger partial charge in [-0.25, -0.2) is 0 Å². The quantitative estimate of drug-likeness (QED) is 0.701. The largest absolute Gasteiger partial charge is 0.370 e. The topological polar surface area (TPSA) is 41.6 Å². The molecule has 4 fully saturated rings. The summed E-state index contributed by atoms with van der Waals surface area (Å²) in [4.78, 5) is 15.0. The number of rotatable bonds is 8. The highest BCUT2D eigenvalue weighted by atomic mass is 16.5. The molecule has 3 heterocycles. The molecule has 152 valence electrons. The zero-order chi connectivity index (χ0) is 19.2. The van der Waals surface area contributed by atoms with Crippen molar-refractivity contribution in [1.29, 1.82) is 0 Å². The van der Waals surface area contributed by atoms with E-state index in [0.29, 0.717) is 17.9 Å². The maximum Gasteiger partial charge on any atom is 0.225 e. The lowest BCUT2D eigenvalue weighted by atomic mass is 9.73. The summed E-state index contributed by atoms with van der Waals surface area (Å²) in [5, 5.41) is 3.27. The number of hydrogen-bond donors (Lipinski definition) is 1. The lowest BCUT2D eigenvalue weighted by Gasteiger charge is -2.30. The molecule has 1 aromatic rings. The van der Waals surface area contributed by atoms with Crippen molar-refractivity contribution in [2.24, 2.45) is 17.3 Å². The Kier molecular flexibility index (Phi) is 4.75. The Balaban J connectivity index is 1.11.